The monoisotopic (exact) mass is 276 g/mol. The van der Waals surface area contributed by atoms with E-state index in [2.05, 4.69) is 16.7 Å². The van der Waals surface area contributed by atoms with Gasteiger partial charge in [0.2, 0.25) is 0 Å². The smallest absolute Gasteiger partial charge is 0.124 e. The zero-order valence-electron chi connectivity index (χ0n) is 11.6. The first-order valence-electron chi connectivity index (χ1n) is 7.07. The molecule has 3 N–H and O–H groups in total. The summed E-state index contributed by atoms with van der Waals surface area (Å²) in [5.74, 6) is 5.43. The predicted molar refractivity (Wildman–Crippen MR) is 77.5 cm³/mol. The summed E-state index contributed by atoms with van der Waals surface area (Å²) in [6, 6.07) is 5.22. The zero-order chi connectivity index (χ0) is 14.4. The molecule has 1 aromatic carbocycles. The maximum absolute atomic E-state index is 13.3. The molecule has 0 aliphatic heterocycles. The van der Waals surface area contributed by atoms with Crippen molar-refractivity contribution in [1.29, 1.82) is 0 Å². The molecule has 2 rings (SSSR count). The first-order valence-corrected chi connectivity index (χ1v) is 7.07. The van der Waals surface area contributed by atoms with Crippen molar-refractivity contribution >= 4 is 0 Å². The highest BCUT2D eigenvalue weighted by Gasteiger charge is 2.24. The van der Waals surface area contributed by atoms with Crippen molar-refractivity contribution < 1.29 is 9.50 Å². The highest BCUT2D eigenvalue weighted by molar-refractivity contribution is 5.42. The second kappa shape index (κ2) is 7.39. The molecule has 0 bridgehead atoms. The summed E-state index contributed by atoms with van der Waals surface area (Å²) in [7, 11) is 0. The number of nitrogens with zero attached hydrogens (tertiary/aromatic N) is 1. The maximum Gasteiger partial charge on any atom is 0.124 e. The molecule has 1 saturated carbocycles. The normalized spacial score (nSPS) is 14.8. The van der Waals surface area contributed by atoms with Gasteiger partial charge in [0.15, 0.2) is 0 Å². The minimum Gasteiger partial charge on any atom is -0.395 e. The quantitative estimate of drug-likeness (QED) is 0.801. The number of aliphatic hydroxyl groups is 1. The molecule has 0 amide bonds. The number of halogens is 1. The molecule has 0 unspecified atom stereocenters. The van der Waals surface area contributed by atoms with Crippen molar-refractivity contribution in [2.24, 2.45) is 5.73 Å². The number of aliphatic hydroxyl groups excluding tert-OH is 1. The third kappa shape index (κ3) is 3.80. The van der Waals surface area contributed by atoms with E-state index in [1.165, 1.54) is 31.4 Å². The molecule has 4 heteroatoms. The Morgan fingerprint density at radius 2 is 2.20 bits per heavy atom. The van der Waals surface area contributed by atoms with Crippen LogP contribution in [0, 0.1) is 17.7 Å². The molecule has 108 valence electrons. The molecule has 0 aromatic heterocycles. The van der Waals surface area contributed by atoms with Crippen LogP contribution in [0.5, 0.6) is 0 Å². The summed E-state index contributed by atoms with van der Waals surface area (Å²) >= 11 is 0. The summed E-state index contributed by atoms with van der Waals surface area (Å²) in [6.45, 7) is 1.74. The van der Waals surface area contributed by atoms with Gasteiger partial charge in [-0.15, -0.1) is 0 Å². The molecule has 1 aliphatic carbocycles. The molecule has 0 heterocycles. The fourth-order valence-corrected chi connectivity index (χ4v) is 2.44. The van der Waals surface area contributed by atoms with Crippen molar-refractivity contribution in [3.63, 3.8) is 0 Å². The predicted octanol–water partition coefficient (Wildman–Crippen LogP) is 1.48. The van der Waals surface area contributed by atoms with Crippen molar-refractivity contribution in [2.75, 3.05) is 19.7 Å². The Morgan fingerprint density at radius 1 is 1.40 bits per heavy atom. The third-order valence-corrected chi connectivity index (χ3v) is 3.75. The van der Waals surface area contributed by atoms with Gasteiger partial charge >= 0.3 is 0 Å². The lowest BCUT2D eigenvalue weighted by Gasteiger charge is -2.37. The average molecular weight is 276 g/mol. The van der Waals surface area contributed by atoms with Crippen LogP contribution in [0.3, 0.4) is 0 Å². The van der Waals surface area contributed by atoms with Gasteiger partial charge in [-0.1, -0.05) is 24.3 Å². The molecular formula is C16H21FN2O. The second-order valence-corrected chi connectivity index (χ2v) is 5.09. The van der Waals surface area contributed by atoms with Gasteiger partial charge in [0, 0.05) is 24.7 Å². The summed E-state index contributed by atoms with van der Waals surface area (Å²) in [5.41, 5.74) is 7.07. The van der Waals surface area contributed by atoms with Gasteiger partial charge < -0.3 is 10.8 Å². The van der Waals surface area contributed by atoms with E-state index < -0.39 is 0 Å². The van der Waals surface area contributed by atoms with Crippen LogP contribution in [0.4, 0.5) is 4.39 Å². The number of hydrogen-bond acceptors (Lipinski definition) is 3. The molecule has 0 spiro atoms. The van der Waals surface area contributed by atoms with Gasteiger partial charge in [0.05, 0.1) is 13.2 Å². The van der Waals surface area contributed by atoms with Gasteiger partial charge in [-0.2, -0.15) is 0 Å². The van der Waals surface area contributed by atoms with Crippen LogP contribution in [-0.4, -0.2) is 35.7 Å². The standard InChI is InChI=1S/C16H21FN2O/c17-15-7-6-14(13(11-15)3-2-8-18)12-19(9-10-20)16-4-1-5-16/h6-7,11,16,20H,1,4-5,8-10,12,18H2. The molecule has 20 heavy (non-hydrogen) atoms. The van der Waals surface area contributed by atoms with Crippen molar-refractivity contribution in [3.8, 4) is 11.8 Å². The van der Waals surface area contributed by atoms with Crippen molar-refractivity contribution in [3.05, 3.63) is 35.1 Å². The number of hydrogen-bond donors (Lipinski definition) is 2. The Labute approximate surface area is 119 Å². The lowest BCUT2D eigenvalue weighted by molar-refractivity contribution is 0.0945. The molecule has 1 aromatic rings. The number of rotatable bonds is 5. The highest BCUT2D eigenvalue weighted by Crippen LogP contribution is 2.26. The van der Waals surface area contributed by atoms with Crippen LogP contribution in [0.2, 0.25) is 0 Å². The topological polar surface area (TPSA) is 49.5 Å². The molecule has 3 nitrogen and oxygen atoms in total. The Balaban J connectivity index is 2.17. The van der Waals surface area contributed by atoms with Crippen LogP contribution in [0.1, 0.15) is 30.4 Å². The van der Waals surface area contributed by atoms with Gasteiger partial charge in [-0.25, -0.2) is 4.39 Å². The first-order chi connectivity index (χ1) is 9.74. The molecular weight excluding hydrogens is 255 g/mol. The number of benzene rings is 1. The fourth-order valence-electron chi connectivity index (χ4n) is 2.44. The molecule has 0 saturated heterocycles. The van der Waals surface area contributed by atoms with Crippen molar-refractivity contribution in [2.45, 2.75) is 31.8 Å². The molecule has 1 fully saturated rings. The lowest BCUT2D eigenvalue weighted by Crippen LogP contribution is -2.41. The van der Waals surface area contributed by atoms with E-state index in [0.29, 0.717) is 24.7 Å². The second-order valence-electron chi connectivity index (χ2n) is 5.09. The van der Waals surface area contributed by atoms with Gasteiger partial charge in [0.1, 0.15) is 5.82 Å². The minimum absolute atomic E-state index is 0.140. The van der Waals surface area contributed by atoms with Crippen LogP contribution in [0.15, 0.2) is 18.2 Å². The van der Waals surface area contributed by atoms with Gasteiger partial charge in [-0.05, 0) is 30.5 Å². The van der Waals surface area contributed by atoms with E-state index in [4.69, 9.17) is 5.73 Å². The zero-order valence-corrected chi connectivity index (χ0v) is 11.6. The maximum atomic E-state index is 13.3. The minimum atomic E-state index is -0.285. The van der Waals surface area contributed by atoms with Crippen LogP contribution < -0.4 is 5.73 Å². The first kappa shape index (κ1) is 15.0. The third-order valence-electron chi connectivity index (χ3n) is 3.75. The largest absolute Gasteiger partial charge is 0.395 e. The van der Waals surface area contributed by atoms with E-state index >= 15 is 0 Å². The fraction of sp³-hybridized carbons (Fsp3) is 0.500. The summed E-state index contributed by atoms with van der Waals surface area (Å²) in [4.78, 5) is 2.25. The Bertz CT molecular complexity index is 503. The van der Waals surface area contributed by atoms with Crippen molar-refractivity contribution in [1.82, 2.24) is 4.90 Å². The van der Waals surface area contributed by atoms with Gasteiger partial charge in [0.25, 0.3) is 0 Å². The van der Waals surface area contributed by atoms with E-state index in [1.807, 2.05) is 0 Å². The molecule has 1 aliphatic rings. The number of nitrogens with two attached hydrogens (primary N) is 1. The lowest BCUT2D eigenvalue weighted by atomic mass is 9.91. The van der Waals surface area contributed by atoms with E-state index in [-0.39, 0.29) is 19.0 Å². The van der Waals surface area contributed by atoms with E-state index in [0.717, 1.165) is 5.56 Å². The summed E-state index contributed by atoms with van der Waals surface area (Å²) in [6.07, 6.45) is 3.59. The molecule has 0 radical (unpaired) electrons. The average Bonchev–Trinajstić information content (AvgIpc) is 2.37. The van der Waals surface area contributed by atoms with E-state index in [9.17, 15) is 9.50 Å². The summed E-state index contributed by atoms with van der Waals surface area (Å²) < 4.78 is 13.3. The SMILES string of the molecule is NCC#Cc1cc(F)ccc1CN(CCO)C1CCC1. The molecule has 0 atom stereocenters. The van der Waals surface area contributed by atoms with Crippen LogP contribution in [0.25, 0.3) is 0 Å². The Hall–Kier alpha value is -1.41. The van der Waals surface area contributed by atoms with E-state index in [1.54, 1.807) is 6.07 Å². The summed E-state index contributed by atoms with van der Waals surface area (Å²) in [5, 5.41) is 9.19. The Kier molecular flexibility index (Phi) is 5.54. The highest BCUT2D eigenvalue weighted by atomic mass is 19.1. The van der Waals surface area contributed by atoms with Crippen LogP contribution >= 0.6 is 0 Å². The van der Waals surface area contributed by atoms with Gasteiger partial charge in [-0.3, -0.25) is 4.90 Å². The van der Waals surface area contributed by atoms with Crippen LogP contribution in [-0.2, 0) is 6.54 Å². The Morgan fingerprint density at radius 3 is 2.80 bits per heavy atom.